The van der Waals surface area contributed by atoms with Crippen LogP contribution in [0.3, 0.4) is 0 Å². The van der Waals surface area contributed by atoms with E-state index in [0.717, 1.165) is 18.5 Å². The fourth-order valence-corrected chi connectivity index (χ4v) is 3.17. The van der Waals surface area contributed by atoms with E-state index in [4.69, 9.17) is 15.2 Å². The van der Waals surface area contributed by atoms with Crippen LogP contribution in [0.25, 0.3) is 0 Å². The van der Waals surface area contributed by atoms with Crippen LogP contribution in [-0.4, -0.2) is 26.7 Å². The van der Waals surface area contributed by atoms with Crippen molar-refractivity contribution in [1.82, 2.24) is 0 Å². The highest BCUT2D eigenvalue weighted by molar-refractivity contribution is 5.92. The van der Waals surface area contributed by atoms with Gasteiger partial charge in [0.05, 0.1) is 20.8 Å². The Morgan fingerprint density at radius 3 is 2.48 bits per heavy atom. The molecule has 0 aliphatic heterocycles. The lowest BCUT2D eigenvalue weighted by atomic mass is 9.92. The number of nitrogens with one attached hydrogen (secondary N) is 1. The molecule has 2 aromatic carbocycles. The first-order valence-corrected chi connectivity index (χ1v) is 8.43. The zero-order valence-electron chi connectivity index (χ0n) is 15.0. The van der Waals surface area contributed by atoms with Crippen LogP contribution in [0, 0.1) is 6.92 Å². The molecular weight excluding hydrogens is 314 g/mol. The molecule has 0 bridgehead atoms. The van der Waals surface area contributed by atoms with Crippen molar-refractivity contribution in [1.29, 1.82) is 0 Å². The van der Waals surface area contributed by atoms with E-state index in [1.165, 1.54) is 11.1 Å². The molecule has 1 aliphatic rings. The van der Waals surface area contributed by atoms with Crippen molar-refractivity contribution in [2.45, 2.75) is 25.2 Å². The summed E-state index contributed by atoms with van der Waals surface area (Å²) in [6.07, 6.45) is 2.32. The number of ether oxygens (including phenoxy) is 2. The van der Waals surface area contributed by atoms with Crippen LogP contribution < -0.4 is 20.5 Å². The van der Waals surface area contributed by atoms with Crippen molar-refractivity contribution in [3.8, 4) is 11.5 Å². The second-order valence-electron chi connectivity index (χ2n) is 6.49. The van der Waals surface area contributed by atoms with Crippen LogP contribution in [0.5, 0.6) is 11.5 Å². The summed E-state index contributed by atoms with van der Waals surface area (Å²) in [5.74, 6) is 1.74. The summed E-state index contributed by atoms with van der Waals surface area (Å²) in [7, 11) is 3.22. The first-order valence-electron chi connectivity index (χ1n) is 8.43. The third-order valence-corrected chi connectivity index (χ3v) is 4.78. The number of aliphatic imine (C=N–C) groups is 1. The zero-order chi connectivity index (χ0) is 17.9. The number of methoxy groups -OCH3 is 2. The van der Waals surface area contributed by atoms with Gasteiger partial charge in [0.15, 0.2) is 17.5 Å². The third-order valence-electron chi connectivity index (χ3n) is 4.78. The quantitative estimate of drug-likeness (QED) is 0.624. The number of rotatable bonds is 6. The van der Waals surface area contributed by atoms with Gasteiger partial charge in [0.2, 0.25) is 0 Å². The Hall–Kier alpha value is -2.69. The van der Waals surface area contributed by atoms with Gasteiger partial charge in [0, 0.05) is 17.2 Å². The van der Waals surface area contributed by atoms with Crippen molar-refractivity contribution >= 4 is 11.6 Å². The summed E-state index contributed by atoms with van der Waals surface area (Å²) in [6, 6.07) is 14.1. The maximum Gasteiger partial charge on any atom is 0.193 e. The van der Waals surface area contributed by atoms with E-state index >= 15 is 0 Å². The highest BCUT2D eigenvalue weighted by atomic mass is 16.5. The highest BCUT2D eigenvalue weighted by Gasteiger charge is 2.44. The van der Waals surface area contributed by atoms with E-state index in [2.05, 4.69) is 41.5 Å². The summed E-state index contributed by atoms with van der Waals surface area (Å²) >= 11 is 0. The maximum absolute atomic E-state index is 6.09. The number of nitrogens with two attached hydrogens (primary N) is 1. The van der Waals surface area contributed by atoms with Crippen LogP contribution in [0.4, 0.5) is 5.69 Å². The van der Waals surface area contributed by atoms with Crippen LogP contribution >= 0.6 is 0 Å². The number of anilines is 1. The number of nitrogens with zero attached hydrogens (tertiary/aromatic N) is 1. The van der Waals surface area contributed by atoms with Crippen LogP contribution in [-0.2, 0) is 5.41 Å². The predicted molar refractivity (Wildman–Crippen MR) is 102 cm³/mol. The van der Waals surface area contributed by atoms with E-state index < -0.39 is 0 Å². The summed E-state index contributed by atoms with van der Waals surface area (Å²) < 4.78 is 10.6. The molecule has 0 atom stereocenters. The van der Waals surface area contributed by atoms with Crippen LogP contribution in [0.1, 0.15) is 24.0 Å². The van der Waals surface area contributed by atoms with Gasteiger partial charge in [0.1, 0.15) is 0 Å². The Labute approximate surface area is 148 Å². The second-order valence-corrected chi connectivity index (χ2v) is 6.49. The topological polar surface area (TPSA) is 68.9 Å². The molecule has 0 amide bonds. The van der Waals surface area contributed by atoms with E-state index in [0.29, 0.717) is 24.0 Å². The standard InChI is InChI=1S/C20H25N3O2/c1-14-6-4-5-7-16(14)20(10-11-20)13-22-19(21)23-15-8-9-17(24-2)18(12-15)25-3/h4-9,12H,10-11,13H2,1-3H3,(H3,21,22,23). The Morgan fingerprint density at radius 2 is 1.84 bits per heavy atom. The fraction of sp³-hybridized carbons (Fsp3) is 0.350. The van der Waals surface area contributed by atoms with Gasteiger partial charge in [-0.1, -0.05) is 24.3 Å². The normalized spacial score (nSPS) is 15.6. The second kappa shape index (κ2) is 7.05. The lowest BCUT2D eigenvalue weighted by Crippen LogP contribution is -2.25. The van der Waals surface area contributed by atoms with Gasteiger partial charge in [-0.15, -0.1) is 0 Å². The molecular formula is C20H25N3O2. The third kappa shape index (κ3) is 3.71. The van der Waals surface area contributed by atoms with Gasteiger partial charge >= 0.3 is 0 Å². The summed E-state index contributed by atoms with van der Waals surface area (Å²) in [6.45, 7) is 2.86. The first-order chi connectivity index (χ1) is 12.1. The molecule has 0 saturated heterocycles. The van der Waals surface area contributed by atoms with Gasteiger partial charge < -0.3 is 20.5 Å². The van der Waals surface area contributed by atoms with Gasteiger partial charge in [-0.25, -0.2) is 0 Å². The monoisotopic (exact) mass is 339 g/mol. The summed E-state index contributed by atoms with van der Waals surface area (Å²) in [5, 5.41) is 3.13. The number of benzene rings is 2. The number of hydrogen-bond donors (Lipinski definition) is 2. The Morgan fingerprint density at radius 1 is 1.12 bits per heavy atom. The first kappa shape index (κ1) is 17.1. The van der Waals surface area contributed by atoms with Crippen molar-refractivity contribution in [3.05, 3.63) is 53.6 Å². The van der Waals surface area contributed by atoms with Gasteiger partial charge in [-0.3, -0.25) is 4.99 Å². The maximum atomic E-state index is 6.09. The smallest absolute Gasteiger partial charge is 0.193 e. The molecule has 0 heterocycles. The predicted octanol–water partition coefficient (Wildman–Crippen LogP) is 3.47. The lowest BCUT2D eigenvalue weighted by molar-refractivity contribution is 0.355. The molecule has 0 unspecified atom stereocenters. The van der Waals surface area contributed by atoms with E-state index in [9.17, 15) is 0 Å². The molecule has 3 rings (SSSR count). The molecule has 25 heavy (non-hydrogen) atoms. The summed E-state index contributed by atoms with van der Waals surface area (Å²) in [5.41, 5.74) is 9.76. The number of aryl methyl sites for hydroxylation is 1. The average Bonchev–Trinajstić information content (AvgIpc) is 3.41. The Kier molecular flexibility index (Phi) is 4.83. The number of hydrogen-bond acceptors (Lipinski definition) is 3. The van der Waals surface area contributed by atoms with Gasteiger partial charge in [0.25, 0.3) is 0 Å². The lowest BCUT2D eigenvalue weighted by Gasteiger charge is -2.16. The van der Waals surface area contributed by atoms with E-state index in [1.54, 1.807) is 14.2 Å². The Balaban J connectivity index is 1.70. The number of guanidine groups is 1. The van der Waals surface area contributed by atoms with E-state index in [1.807, 2.05) is 18.2 Å². The van der Waals surface area contributed by atoms with Gasteiger partial charge in [-0.05, 0) is 43.0 Å². The highest BCUT2D eigenvalue weighted by Crippen LogP contribution is 2.49. The largest absolute Gasteiger partial charge is 0.493 e. The molecule has 132 valence electrons. The zero-order valence-corrected chi connectivity index (χ0v) is 15.0. The molecule has 1 saturated carbocycles. The molecule has 5 heteroatoms. The molecule has 0 aromatic heterocycles. The van der Waals surface area contributed by atoms with Crippen molar-refractivity contribution in [2.24, 2.45) is 10.7 Å². The van der Waals surface area contributed by atoms with Crippen molar-refractivity contribution in [3.63, 3.8) is 0 Å². The molecule has 1 aliphatic carbocycles. The van der Waals surface area contributed by atoms with Crippen molar-refractivity contribution < 1.29 is 9.47 Å². The minimum absolute atomic E-state index is 0.148. The molecule has 0 spiro atoms. The SMILES string of the molecule is COc1ccc(NC(N)=NCC2(c3ccccc3C)CC2)cc1OC. The molecule has 1 fully saturated rings. The molecule has 3 N–H and O–H groups in total. The van der Waals surface area contributed by atoms with Gasteiger partial charge in [-0.2, -0.15) is 0 Å². The minimum Gasteiger partial charge on any atom is -0.493 e. The van der Waals surface area contributed by atoms with Crippen LogP contribution in [0.15, 0.2) is 47.5 Å². The molecule has 5 nitrogen and oxygen atoms in total. The molecule has 2 aromatic rings. The van der Waals surface area contributed by atoms with Crippen LogP contribution in [0.2, 0.25) is 0 Å². The summed E-state index contributed by atoms with van der Waals surface area (Å²) in [4.78, 5) is 4.58. The minimum atomic E-state index is 0.148. The van der Waals surface area contributed by atoms with Crippen molar-refractivity contribution in [2.75, 3.05) is 26.1 Å². The average molecular weight is 339 g/mol. The van der Waals surface area contributed by atoms with E-state index in [-0.39, 0.29) is 5.41 Å². The molecule has 0 radical (unpaired) electrons. The fourth-order valence-electron chi connectivity index (χ4n) is 3.17. The Bertz CT molecular complexity index is 782.